The molecule has 26 heavy (non-hydrogen) atoms. The zero-order valence-electron chi connectivity index (χ0n) is 15.4. The van der Waals surface area contributed by atoms with E-state index in [4.69, 9.17) is 18.9 Å². The van der Waals surface area contributed by atoms with Gasteiger partial charge < -0.3 is 18.9 Å². The first-order valence-electron chi connectivity index (χ1n) is 8.34. The molecule has 0 radical (unpaired) electrons. The van der Waals surface area contributed by atoms with Crippen LogP contribution in [0.2, 0.25) is 0 Å². The maximum Gasteiger partial charge on any atom is 0.203 e. The molecule has 1 aliphatic rings. The smallest absolute Gasteiger partial charge is 0.203 e. The van der Waals surface area contributed by atoms with E-state index >= 15 is 0 Å². The summed E-state index contributed by atoms with van der Waals surface area (Å²) in [4.78, 5) is 12.9. The van der Waals surface area contributed by atoms with E-state index in [1.807, 2.05) is 30.3 Å². The number of Topliss-reactive ketones (excluding diaryl/α,β-unsaturated/α-hetero) is 1. The summed E-state index contributed by atoms with van der Waals surface area (Å²) in [7, 11) is 6.34. The van der Waals surface area contributed by atoms with Crippen LogP contribution in [0.5, 0.6) is 23.0 Å². The summed E-state index contributed by atoms with van der Waals surface area (Å²) in [5, 5.41) is 0. The first-order chi connectivity index (χ1) is 12.6. The minimum atomic E-state index is 0.0331. The molecule has 0 aromatic heterocycles. The maximum absolute atomic E-state index is 12.9. The minimum Gasteiger partial charge on any atom is -0.497 e. The van der Waals surface area contributed by atoms with Gasteiger partial charge in [-0.3, -0.25) is 4.79 Å². The Morgan fingerprint density at radius 2 is 1.62 bits per heavy atom. The first kappa shape index (κ1) is 17.9. The number of methoxy groups -OCH3 is 4. The van der Waals surface area contributed by atoms with Crippen molar-refractivity contribution < 1.29 is 23.7 Å². The number of allylic oxidation sites excluding steroid dienone is 1. The number of benzene rings is 2. The molecule has 136 valence electrons. The number of hydrogen-bond donors (Lipinski definition) is 0. The molecule has 0 saturated heterocycles. The SMILES string of the molecule is COc1ccc2c(c1)CC/C(=C\c1ccc(OC)c(OC)c1OC)C2=O. The minimum absolute atomic E-state index is 0.0331. The summed E-state index contributed by atoms with van der Waals surface area (Å²) >= 11 is 0. The molecular weight excluding hydrogens is 332 g/mol. The molecule has 0 fully saturated rings. The fourth-order valence-corrected chi connectivity index (χ4v) is 3.24. The van der Waals surface area contributed by atoms with Crippen molar-refractivity contribution in [1.82, 2.24) is 0 Å². The molecule has 0 atom stereocenters. The third-order valence-electron chi connectivity index (χ3n) is 4.58. The van der Waals surface area contributed by atoms with Crippen molar-refractivity contribution in [3.05, 3.63) is 52.6 Å². The summed E-state index contributed by atoms with van der Waals surface area (Å²) in [6.07, 6.45) is 3.33. The zero-order valence-corrected chi connectivity index (χ0v) is 15.4. The molecule has 0 aliphatic heterocycles. The number of hydrogen-bond acceptors (Lipinski definition) is 5. The molecule has 2 aromatic rings. The lowest BCUT2D eigenvalue weighted by atomic mass is 9.86. The van der Waals surface area contributed by atoms with E-state index in [1.165, 1.54) is 0 Å². The molecule has 0 bridgehead atoms. The number of ether oxygens (including phenoxy) is 4. The highest BCUT2D eigenvalue weighted by Crippen LogP contribution is 2.41. The Morgan fingerprint density at radius 1 is 0.846 bits per heavy atom. The molecule has 1 aliphatic carbocycles. The molecule has 2 aromatic carbocycles. The average molecular weight is 354 g/mol. The number of fused-ring (bicyclic) bond motifs is 1. The number of aryl methyl sites for hydroxylation is 1. The Kier molecular flexibility index (Phi) is 5.16. The lowest BCUT2D eigenvalue weighted by Gasteiger charge is -2.19. The molecule has 5 nitrogen and oxygen atoms in total. The molecule has 0 heterocycles. The Hall–Kier alpha value is -2.95. The Labute approximate surface area is 153 Å². The van der Waals surface area contributed by atoms with E-state index in [0.29, 0.717) is 23.7 Å². The first-order valence-corrected chi connectivity index (χ1v) is 8.34. The molecule has 0 unspecified atom stereocenters. The molecular formula is C21H22O5. The van der Waals surface area contributed by atoms with Crippen molar-refractivity contribution in [2.45, 2.75) is 12.8 Å². The second-order valence-corrected chi connectivity index (χ2v) is 5.95. The number of rotatable bonds is 5. The van der Waals surface area contributed by atoms with E-state index in [9.17, 15) is 4.79 Å². The fourth-order valence-electron chi connectivity index (χ4n) is 3.24. The number of carbonyl (C=O) groups excluding carboxylic acids is 1. The van der Waals surface area contributed by atoms with Gasteiger partial charge in [0.2, 0.25) is 5.75 Å². The standard InChI is InChI=1S/C21H22O5/c1-23-16-8-9-17-13(12-16)5-6-14(19(17)22)11-15-7-10-18(24-2)21(26-4)20(15)25-3/h7-12H,5-6H2,1-4H3/b14-11+. The number of ketones is 1. The summed E-state index contributed by atoms with van der Waals surface area (Å²) in [5.41, 5.74) is 3.27. The summed E-state index contributed by atoms with van der Waals surface area (Å²) in [6, 6.07) is 9.25. The van der Waals surface area contributed by atoms with Gasteiger partial charge in [0.25, 0.3) is 0 Å². The third kappa shape index (κ3) is 3.12. The van der Waals surface area contributed by atoms with Crippen molar-refractivity contribution in [2.75, 3.05) is 28.4 Å². The van der Waals surface area contributed by atoms with Gasteiger partial charge in [0.15, 0.2) is 17.3 Å². The third-order valence-corrected chi connectivity index (χ3v) is 4.58. The van der Waals surface area contributed by atoms with Crippen LogP contribution >= 0.6 is 0 Å². The van der Waals surface area contributed by atoms with Gasteiger partial charge in [-0.05, 0) is 54.8 Å². The molecule has 0 N–H and O–H groups in total. The van der Waals surface area contributed by atoms with Crippen LogP contribution in [0.25, 0.3) is 6.08 Å². The highest BCUT2D eigenvalue weighted by Gasteiger charge is 2.23. The Balaban J connectivity index is 2.02. The highest BCUT2D eigenvalue weighted by molar-refractivity contribution is 6.13. The van der Waals surface area contributed by atoms with Crippen molar-refractivity contribution in [3.8, 4) is 23.0 Å². The second kappa shape index (κ2) is 7.52. The van der Waals surface area contributed by atoms with E-state index in [1.54, 1.807) is 34.5 Å². The van der Waals surface area contributed by atoms with E-state index in [-0.39, 0.29) is 5.78 Å². The van der Waals surface area contributed by atoms with Crippen LogP contribution in [0.15, 0.2) is 35.9 Å². The molecule has 5 heteroatoms. The quantitative estimate of drug-likeness (QED) is 0.762. The largest absolute Gasteiger partial charge is 0.497 e. The molecule has 3 rings (SSSR count). The Morgan fingerprint density at radius 3 is 2.27 bits per heavy atom. The van der Waals surface area contributed by atoms with Gasteiger partial charge in [-0.25, -0.2) is 0 Å². The van der Waals surface area contributed by atoms with Crippen LogP contribution in [-0.4, -0.2) is 34.2 Å². The van der Waals surface area contributed by atoms with E-state index < -0.39 is 0 Å². The van der Waals surface area contributed by atoms with Gasteiger partial charge in [-0.1, -0.05) is 0 Å². The van der Waals surface area contributed by atoms with Crippen molar-refractivity contribution in [2.24, 2.45) is 0 Å². The predicted octanol–water partition coefficient (Wildman–Crippen LogP) is 3.93. The number of carbonyl (C=O) groups is 1. The van der Waals surface area contributed by atoms with Crippen LogP contribution < -0.4 is 18.9 Å². The van der Waals surface area contributed by atoms with E-state index in [0.717, 1.165) is 34.4 Å². The van der Waals surface area contributed by atoms with Crippen molar-refractivity contribution in [3.63, 3.8) is 0 Å². The lowest BCUT2D eigenvalue weighted by Crippen LogP contribution is -2.14. The predicted molar refractivity (Wildman–Crippen MR) is 99.7 cm³/mol. The lowest BCUT2D eigenvalue weighted by molar-refractivity contribution is 0.102. The summed E-state index contributed by atoms with van der Waals surface area (Å²) in [5.74, 6) is 2.45. The van der Waals surface area contributed by atoms with Crippen LogP contribution in [0.3, 0.4) is 0 Å². The average Bonchev–Trinajstić information content (AvgIpc) is 2.69. The zero-order chi connectivity index (χ0) is 18.7. The molecule has 0 amide bonds. The van der Waals surface area contributed by atoms with Gasteiger partial charge in [0, 0.05) is 16.7 Å². The van der Waals surface area contributed by atoms with Gasteiger partial charge in [-0.2, -0.15) is 0 Å². The topological polar surface area (TPSA) is 54.0 Å². The summed E-state index contributed by atoms with van der Waals surface area (Å²) in [6.45, 7) is 0. The fraction of sp³-hybridized carbons (Fsp3) is 0.286. The van der Waals surface area contributed by atoms with Crippen molar-refractivity contribution in [1.29, 1.82) is 0 Å². The van der Waals surface area contributed by atoms with Crippen LogP contribution in [0.4, 0.5) is 0 Å². The summed E-state index contributed by atoms with van der Waals surface area (Å²) < 4.78 is 21.5. The van der Waals surface area contributed by atoms with Crippen LogP contribution in [0.1, 0.15) is 27.9 Å². The highest BCUT2D eigenvalue weighted by atomic mass is 16.5. The maximum atomic E-state index is 12.9. The van der Waals surface area contributed by atoms with Gasteiger partial charge in [-0.15, -0.1) is 0 Å². The van der Waals surface area contributed by atoms with Crippen molar-refractivity contribution >= 4 is 11.9 Å². The van der Waals surface area contributed by atoms with Gasteiger partial charge >= 0.3 is 0 Å². The van der Waals surface area contributed by atoms with E-state index in [2.05, 4.69) is 0 Å². The molecule has 0 spiro atoms. The monoisotopic (exact) mass is 354 g/mol. The molecule has 0 saturated carbocycles. The normalized spacial score (nSPS) is 14.8. The van der Waals surface area contributed by atoms with Crippen LogP contribution in [-0.2, 0) is 6.42 Å². The van der Waals surface area contributed by atoms with Crippen LogP contribution in [0, 0.1) is 0 Å². The second-order valence-electron chi connectivity index (χ2n) is 5.95. The van der Waals surface area contributed by atoms with Gasteiger partial charge in [0.05, 0.1) is 28.4 Å². The van der Waals surface area contributed by atoms with Gasteiger partial charge in [0.1, 0.15) is 5.75 Å². The Bertz CT molecular complexity index is 867.